The molecule has 1 saturated heterocycles. The van der Waals surface area contributed by atoms with E-state index in [0.717, 1.165) is 63.2 Å². The topological polar surface area (TPSA) is 30.5 Å². The zero-order chi connectivity index (χ0) is 26.2. The Morgan fingerprint density at radius 1 is 0.861 bits per heavy atom. The van der Waals surface area contributed by atoms with Gasteiger partial charge < -0.3 is 10.6 Å². The van der Waals surface area contributed by atoms with Gasteiger partial charge in [0.25, 0.3) is 0 Å². The summed E-state index contributed by atoms with van der Waals surface area (Å²) >= 11 is 0. The number of nitrogens with zero attached hydrogens (tertiary/aromatic N) is 2. The second-order valence-electron chi connectivity index (χ2n) is 11.6. The van der Waals surface area contributed by atoms with Gasteiger partial charge in [0.2, 0.25) is 0 Å². The van der Waals surface area contributed by atoms with Crippen LogP contribution in [0, 0.1) is 17.7 Å². The van der Waals surface area contributed by atoms with E-state index >= 15 is 0 Å². The van der Waals surface area contributed by atoms with Crippen LogP contribution in [-0.2, 0) is 6.42 Å². The second kappa shape index (κ2) is 17.5. The molecule has 0 radical (unpaired) electrons. The predicted octanol–water partition coefficient (Wildman–Crippen LogP) is 6.31. The van der Waals surface area contributed by atoms with Crippen molar-refractivity contribution in [1.29, 1.82) is 0 Å². The maximum atomic E-state index is 13.9. The van der Waals surface area contributed by atoms with Crippen molar-refractivity contribution in [2.24, 2.45) is 11.8 Å². The molecule has 2 unspecified atom stereocenters. The lowest BCUT2D eigenvalue weighted by Crippen LogP contribution is -2.65. The molecule has 0 amide bonds. The van der Waals surface area contributed by atoms with Crippen molar-refractivity contribution >= 4 is 0 Å². The quantitative estimate of drug-likeness (QED) is 0.216. The van der Waals surface area contributed by atoms with Crippen LogP contribution in [0.15, 0.2) is 24.3 Å². The van der Waals surface area contributed by atoms with Crippen molar-refractivity contribution in [3.05, 3.63) is 35.6 Å². The fourth-order valence-electron chi connectivity index (χ4n) is 5.84. The Hall–Kier alpha value is -1.01. The molecule has 0 aromatic heterocycles. The highest BCUT2D eigenvalue weighted by Crippen LogP contribution is 2.23. The van der Waals surface area contributed by atoms with E-state index in [9.17, 15) is 4.39 Å². The first-order valence-corrected chi connectivity index (χ1v) is 15.1. The van der Waals surface area contributed by atoms with Gasteiger partial charge in [0, 0.05) is 44.8 Å². The summed E-state index contributed by atoms with van der Waals surface area (Å²) in [5.74, 6) is 1.51. The maximum Gasteiger partial charge on any atom is 0.126 e. The van der Waals surface area contributed by atoms with Crippen LogP contribution in [0.1, 0.15) is 91.5 Å². The number of nitrogens with one attached hydrogen (secondary N) is 2. The molecule has 1 heterocycles. The largest absolute Gasteiger partial charge is 0.315 e. The monoisotopic (exact) mass is 504 g/mol. The molecule has 1 aromatic carbocycles. The molecule has 2 rings (SSSR count). The summed E-state index contributed by atoms with van der Waals surface area (Å²) in [6.45, 7) is 20.2. The first kappa shape index (κ1) is 31.2. The molecule has 1 aliphatic rings. The number of unbranched alkanes of at least 4 members (excludes halogenated alkanes) is 2. The molecular weight excluding hydrogens is 447 g/mol. The van der Waals surface area contributed by atoms with Gasteiger partial charge in [0.05, 0.1) is 6.67 Å². The zero-order valence-corrected chi connectivity index (χ0v) is 24.3. The molecule has 0 aliphatic carbocycles. The Balaban J connectivity index is 1.90. The lowest BCUT2D eigenvalue weighted by molar-refractivity contribution is 0.00520. The SMILES string of the molecule is CCCCC(CC)CN1CN(CC(CC)CCCC)CC(C)(NCCNCCc2ccccc2F)C1. The minimum atomic E-state index is -0.0963. The van der Waals surface area contributed by atoms with E-state index in [1.54, 1.807) is 12.1 Å². The summed E-state index contributed by atoms with van der Waals surface area (Å²) in [5.41, 5.74) is 0.892. The summed E-state index contributed by atoms with van der Waals surface area (Å²) in [6.07, 6.45) is 11.3. The zero-order valence-electron chi connectivity index (χ0n) is 24.3. The second-order valence-corrected chi connectivity index (χ2v) is 11.6. The Bertz CT molecular complexity index is 671. The molecule has 2 N–H and O–H groups in total. The van der Waals surface area contributed by atoms with Gasteiger partial charge >= 0.3 is 0 Å². The standard InChI is InChI=1S/C31H57FN4/c1-6-10-14-27(8-3)22-35-24-31(5,25-36(26-35)23-28(9-4)15-11-7-2)34-21-20-33-19-18-29-16-12-13-17-30(29)32/h12-13,16-17,27-28,33-34H,6-11,14-15,18-26H2,1-5H3. The van der Waals surface area contributed by atoms with Crippen LogP contribution in [0.5, 0.6) is 0 Å². The summed E-state index contributed by atoms with van der Waals surface area (Å²) in [7, 11) is 0. The van der Waals surface area contributed by atoms with E-state index in [0.29, 0.717) is 0 Å². The third-order valence-corrected chi connectivity index (χ3v) is 8.05. The smallest absolute Gasteiger partial charge is 0.126 e. The van der Waals surface area contributed by atoms with Crippen molar-refractivity contribution in [2.75, 3.05) is 52.5 Å². The van der Waals surface area contributed by atoms with Crippen molar-refractivity contribution in [2.45, 2.75) is 97.9 Å². The van der Waals surface area contributed by atoms with Gasteiger partial charge in [0.15, 0.2) is 0 Å². The van der Waals surface area contributed by atoms with Crippen molar-refractivity contribution in [1.82, 2.24) is 20.4 Å². The number of rotatable bonds is 19. The molecule has 5 heteroatoms. The van der Waals surface area contributed by atoms with E-state index in [1.165, 1.54) is 64.5 Å². The van der Waals surface area contributed by atoms with Gasteiger partial charge in [-0.25, -0.2) is 4.39 Å². The molecule has 1 aromatic rings. The molecule has 1 aliphatic heterocycles. The summed E-state index contributed by atoms with van der Waals surface area (Å²) in [6, 6.07) is 7.11. The Kier molecular flexibility index (Phi) is 15.2. The molecule has 0 spiro atoms. The van der Waals surface area contributed by atoms with E-state index in [4.69, 9.17) is 0 Å². The molecular formula is C31H57FN4. The minimum absolute atomic E-state index is 0.0948. The number of hydrogen-bond acceptors (Lipinski definition) is 4. The molecule has 2 atom stereocenters. The Morgan fingerprint density at radius 3 is 1.97 bits per heavy atom. The van der Waals surface area contributed by atoms with Crippen LogP contribution in [0.2, 0.25) is 0 Å². The number of hydrogen-bond donors (Lipinski definition) is 2. The highest BCUT2D eigenvalue weighted by atomic mass is 19.1. The van der Waals surface area contributed by atoms with Gasteiger partial charge in [-0.1, -0.05) is 84.4 Å². The summed E-state index contributed by atoms with van der Waals surface area (Å²) < 4.78 is 13.9. The van der Waals surface area contributed by atoms with Gasteiger partial charge in [-0.2, -0.15) is 0 Å². The Morgan fingerprint density at radius 2 is 1.44 bits per heavy atom. The van der Waals surface area contributed by atoms with Crippen molar-refractivity contribution in [3.8, 4) is 0 Å². The third kappa shape index (κ3) is 11.6. The van der Waals surface area contributed by atoms with Gasteiger partial charge in [0.1, 0.15) is 5.82 Å². The van der Waals surface area contributed by atoms with Crippen molar-refractivity contribution < 1.29 is 4.39 Å². The fourth-order valence-corrected chi connectivity index (χ4v) is 5.84. The third-order valence-electron chi connectivity index (χ3n) is 8.05. The van der Waals surface area contributed by atoms with Gasteiger partial charge in [-0.15, -0.1) is 0 Å². The van der Waals surface area contributed by atoms with Crippen molar-refractivity contribution in [3.63, 3.8) is 0 Å². The fraction of sp³-hybridized carbons (Fsp3) is 0.806. The average Bonchev–Trinajstić information content (AvgIpc) is 2.87. The normalized spacial score (nSPS) is 21.1. The Labute approximate surface area is 222 Å². The van der Waals surface area contributed by atoms with E-state index in [-0.39, 0.29) is 11.4 Å². The first-order chi connectivity index (χ1) is 17.4. The van der Waals surface area contributed by atoms with Gasteiger partial charge in [-0.3, -0.25) is 9.80 Å². The number of benzene rings is 1. The predicted molar refractivity (Wildman–Crippen MR) is 154 cm³/mol. The lowest BCUT2D eigenvalue weighted by Gasteiger charge is -2.48. The van der Waals surface area contributed by atoms with Gasteiger partial charge in [-0.05, 0) is 56.2 Å². The molecule has 0 saturated carbocycles. The average molecular weight is 505 g/mol. The summed E-state index contributed by atoms with van der Waals surface area (Å²) in [4.78, 5) is 5.47. The van der Waals surface area contributed by atoms with Crippen LogP contribution in [0.4, 0.5) is 4.39 Å². The van der Waals surface area contributed by atoms with E-state index in [1.807, 2.05) is 12.1 Å². The lowest BCUT2D eigenvalue weighted by atomic mass is 9.93. The van der Waals surface area contributed by atoms with E-state index < -0.39 is 0 Å². The summed E-state index contributed by atoms with van der Waals surface area (Å²) in [5, 5.41) is 7.43. The van der Waals surface area contributed by atoms with Crippen LogP contribution in [0.3, 0.4) is 0 Å². The molecule has 0 bridgehead atoms. The van der Waals surface area contributed by atoms with Crippen LogP contribution in [-0.4, -0.2) is 67.8 Å². The van der Waals surface area contributed by atoms with E-state index in [2.05, 4.69) is 55.1 Å². The molecule has 208 valence electrons. The molecule has 36 heavy (non-hydrogen) atoms. The molecule has 4 nitrogen and oxygen atoms in total. The van der Waals surface area contributed by atoms with Crippen LogP contribution < -0.4 is 10.6 Å². The molecule has 1 fully saturated rings. The first-order valence-electron chi connectivity index (χ1n) is 15.1. The minimum Gasteiger partial charge on any atom is -0.315 e. The van der Waals surface area contributed by atoms with Crippen LogP contribution >= 0.6 is 0 Å². The van der Waals surface area contributed by atoms with Crippen LogP contribution in [0.25, 0.3) is 0 Å². The maximum absolute atomic E-state index is 13.9. The highest BCUT2D eigenvalue weighted by molar-refractivity contribution is 5.17. The number of halogens is 1. The highest BCUT2D eigenvalue weighted by Gasteiger charge is 2.35.